The van der Waals surface area contributed by atoms with Gasteiger partial charge in [0.15, 0.2) is 11.4 Å². The van der Waals surface area contributed by atoms with Crippen LogP contribution >= 0.6 is 0 Å². The fraction of sp³-hybridized carbons (Fsp3) is 0. The van der Waals surface area contributed by atoms with Crippen LogP contribution in [0, 0.1) is 15.3 Å². The summed E-state index contributed by atoms with van der Waals surface area (Å²) >= 11 is 0. The lowest BCUT2D eigenvalue weighted by atomic mass is 10.3. The zero-order valence-corrected chi connectivity index (χ0v) is 6.43. The van der Waals surface area contributed by atoms with Gasteiger partial charge in [-0.1, -0.05) is 0 Å². The Labute approximate surface area is 72.4 Å². The molecular weight excluding hydrogens is 180 g/mol. The molecule has 1 rings (SSSR count). The Hall–Kier alpha value is -2.09. The molecule has 0 unspecified atom stereocenters. The number of nitrogens with two attached hydrogens (primary N) is 2. The fourth-order valence-corrected chi connectivity index (χ4v) is 0.811. The zero-order valence-electron chi connectivity index (χ0n) is 6.43. The number of aromatic nitrogens is 1. The van der Waals surface area contributed by atoms with E-state index < -0.39 is 10.6 Å². The quantitative estimate of drug-likeness (QED) is 0.239. The minimum absolute atomic E-state index is 0. The van der Waals surface area contributed by atoms with Crippen molar-refractivity contribution in [2.24, 2.45) is 0 Å². The highest BCUT2D eigenvalue weighted by molar-refractivity contribution is 5.69. The van der Waals surface area contributed by atoms with Gasteiger partial charge < -0.3 is 22.2 Å². The van der Waals surface area contributed by atoms with Gasteiger partial charge in [0.1, 0.15) is 0 Å². The van der Waals surface area contributed by atoms with E-state index in [1.54, 1.807) is 0 Å². The summed E-state index contributed by atoms with van der Waals surface area (Å²) in [6.45, 7) is 0. The molecule has 8 nitrogen and oxygen atoms in total. The van der Waals surface area contributed by atoms with Gasteiger partial charge in [0.05, 0.1) is 4.92 Å². The highest BCUT2D eigenvalue weighted by atomic mass is 16.6. The molecule has 0 aliphatic carbocycles. The average Bonchev–Trinajstić information content (AvgIpc) is 1.82. The van der Waals surface area contributed by atoms with E-state index in [1.807, 2.05) is 0 Å². The maximum Gasteiger partial charge on any atom is 0.327 e. The van der Waals surface area contributed by atoms with Gasteiger partial charge in [-0.3, -0.25) is 10.1 Å². The van der Waals surface area contributed by atoms with Gasteiger partial charge in [-0.2, -0.15) is 4.73 Å². The molecule has 0 radical (unpaired) electrons. The fourth-order valence-electron chi connectivity index (χ4n) is 0.811. The Balaban J connectivity index is 0.00000144. The molecule has 0 atom stereocenters. The van der Waals surface area contributed by atoms with Crippen molar-refractivity contribution in [3.8, 4) is 0 Å². The van der Waals surface area contributed by atoms with E-state index in [-0.39, 0.29) is 16.9 Å². The molecule has 0 fully saturated rings. The summed E-state index contributed by atoms with van der Waals surface area (Å²) in [5.74, 6) is 0. The Morgan fingerprint density at radius 2 is 1.69 bits per heavy atom. The van der Waals surface area contributed by atoms with Crippen molar-refractivity contribution < 1.29 is 15.1 Å². The molecule has 0 bridgehead atoms. The molecule has 1 aromatic rings. The molecule has 0 spiro atoms. The second kappa shape index (κ2) is 3.54. The van der Waals surface area contributed by atoms with Crippen LogP contribution in [0.2, 0.25) is 0 Å². The number of nitro groups is 1. The summed E-state index contributed by atoms with van der Waals surface area (Å²) in [5.41, 5.74) is 9.45. The summed E-state index contributed by atoms with van der Waals surface area (Å²) in [6, 6.07) is 0. The van der Waals surface area contributed by atoms with Gasteiger partial charge in [-0.05, 0) is 0 Å². The lowest BCUT2D eigenvalue weighted by Gasteiger charge is -2.00. The molecule has 0 aliphatic rings. The molecule has 0 amide bonds. The average molecular weight is 188 g/mol. The first-order chi connectivity index (χ1) is 5.52. The molecule has 1 heterocycles. The van der Waals surface area contributed by atoms with Crippen molar-refractivity contribution in [1.82, 2.24) is 0 Å². The van der Waals surface area contributed by atoms with Crippen LogP contribution in [0.3, 0.4) is 0 Å². The van der Waals surface area contributed by atoms with Crippen LogP contribution in [0.15, 0.2) is 12.4 Å². The number of nitrogen functional groups attached to an aromatic ring is 2. The summed E-state index contributed by atoms with van der Waals surface area (Å²) in [5, 5.41) is 20.9. The van der Waals surface area contributed by atoms with E-state index in [2.05, 4.69) is 0 Å². The van der Waals surface area contributed by atoms with Crippen LogP contribution < -0.4 is 16.2 Å². The smallest absolute Gasteiger partial charge is 0.327 e. The van der Waals surface area contributed by atoms with E-state index in [0.29, 0.717) is 4.73 Å². The number of pyridine rings is 1. The Morgan fingerprint density at radius 3 is 2.00 bits per heavy atom. The minimum Gasteiger partial charge on any atom is -0.619 e. The standard InChI is InChI=1S/C5H6N4O3.H2O/c6-3-1-8(10)2-4(7)5(3)9(11)12;/h1-2H,6-7H2;1H2. The highest BCUT2D eigenvalue weighted by Gasteiger charge is 2.19. The lowest BCUT2D eigenvalue weighted by molar-refractivity contribution is -0.604. The van der Waals surface area contributed by atoms with Gasteiger partial charge in [-0.25, -0.2) is 0 Å². The van der Waals surface area contributed by atoms with Gasteiger partial charge in [0.2, 0.25) is 12.4 Å². The molecule has 0 aliphatic heterocycles. The summed E-state index contributed by atoms with van der Waals surface area (Å²) in [7, 11) is 0. The first kappa shape index (κ1) is 10.9. The van der Waals surface area contributed by atoms with Crippen LogP contribution in [-0.4, -0.2) is 10.4 Å². The van der Waals surface area contributed by atoms with E-state index >= 15 is 0 Å². The van der Waals surface area contributed by atoms with E-state index in [1.165, 1.54) is 0 Å². The normalized spacial score (nSPS) is 8.92. The van der Waals surface area contributed by atoms with Gasteiger partial charge >= 0.3 is 5.69 Å². The number of nitrogens with zero attached hydrogens (tertiary/aromatic N) is 2. The van der Waals surface area contributed by atoms with Crippen molar-refractivity contribution in [3.05, 3.63) is 27.7 Å². The van der Waals surface area contributed by atoms with Gasteiger partial charge in [0, 0.05) is 0 Å². The second-order valence-electron chi connectivity index (χ2n) is 2.13. The molecule has 8 heteroatoms. The molecule has 0 saturated carbocycles. The predicted octanol–water partition coefficient (Wildman–Crippen LogP) is -1.43. The number of hydrogen-bond acceptors (Lipinski definition) is 5. The first-order valence-electron chi connectivity index (χ1n) is 2.94. The highest BCUT2D eigenvalue weighted by Crippen LogP contribution is 2.25. The molecular formula is C5H8N4O4. The summed E-state index contributed by atoms with van der Waals surface area (Å²) in [4.78, 5) is 9.56. The molecule has 72 valence electrons. The Morgan fingerprint density at radius 1 is 1.31 bits per heavy atom. The second-order valence-corrected chi connectivity index (χ2v) is 2.13. The lowest BCUT2D eigenvalue weighted by Crippen LogP contribution is -2.26. The third kappa shape index (κ3) is 1.93. The van der Waals surface area contributed by atoms with Gasteiger partial charge in [-0.15, -0.1) is 0 Å². The van der Waals surface area contributed by atoms with E-state index in [4.69, 9.17) is 11.5 Å². The molecule has 6 N–H and O–H groups in total. The van der Waals surface area contributed by atoms with Crippen molar-refractivity contribution in [1.29, 1.82) is 0 Å². The molecule has 1 aromatic heterocycles. The SMILES string of the molecule is Nc1c[n+]([O-])cc(N)c1[N+](=O)[O-].O. The topological polar surface area (TPSA) is 154 Å². The number of hydrogen-bond donors (Lipinski definition) is 2. The molecule has 0 saturated heterocycles. The third-order valence-corrected chi connectivity index (χ3v) is 1.26. The van der Waals surface area contributed by atoms with Gasteiger partial charge in [0.25, 0.3) is 0 Å². The van der Waals surface area contributed by atoms with Crippen molar-refractivity contribution in [2.45, 2.75) is 0 Å². The maximum absolute atomic E-state index is 10.6. The first-order valence-corrected chi connectivity index (χ1v) is 2.94. The van der Waals surface area contributed by atoms with Crippen molar-refractivity contribution in [3.63, 3.8) is 0 Å². The molecule has 13 heavy (non-hydrogen) atoms. The predicted molar refractivity (Wildman–Crippen MR) is 44.5 cm³/mol. The van der Waals surface area contributed by atoms with E-state index in [0.717, 1.165) is 12.4 Å². The zero-order chi connectivity index (χ0) is 9.30. The van der Waals surface area contributed by atoms with Crippen LogP contribution in [-0.2, 0) is 0 Å². The largest absolute Gasteiger partial charge is 0.619 e. The van der Waals surface area contributed by atoms with Crippen LogP contribution in [0.5, 0.6) is 0 Å². The maximum atomic E-state index is 10.6. The minimum atomic E-state index is -0.731. The van der Waals surface area contributed by atoms with Crippen molar-refractivity contribution in [2.75, 3.05) is 11.5 Å². The summed E-state index contributed by atoms with van der Waals surface area (Å²) in [6.07, 6.45) is 1.77. The third-order valence-electron chi connectivity index (χ3n) is 1.26. The van der Waals surface area contributed by atoms with Crippen molar-refractivity contribution >= 4 is 17.1 Å². The monoisotopic (exact) mass is 188 g/mol. The number of rotatable bonds is 1. The number of anilines is 2. The van der Waals surface area contributed by atoms with Crippen LogP contribution in [0.1, 0.15) is 0 Å². The Bertz CT molecular complexity index is 316. The molecule has 0 aromatic carbocycles. The van der Waals surface area contributed by atoms with E-state index in [9.17, 15) is 15.3 Å². The van der Waals surface area contributed by atoms with Crippen LogP contribution in [0.25, 0.3) is 0 Å². The van der Waals surface area contributed by atoms with Crippen LogP contribution in [0.4, 0.5) is 17.1 Å². The summed E-state index contributed by atoms with van der Waals surface area (Å²) < 4.78 is 0.317. The Kier molecular flexibility index (Phi) is 2.97.